The average Bonchev–Trinajstić information content (AvgIpc) is 3.37. The van der Waals surface area contributed by atoms with E-state index in [4.69, 9.17) is 0 Å². The minimum absolute atomic E-state index is 0.182. The van der Waals surface area contributed by atoms with Crippen LogP contribution in [0.5, 0.6) is 0 Å². The molecule has 4 aromatic carbocycles. The van der Waals surface area contributed by atoms with Gasteiger partial charge in [0.05, 0.1) is 0 Å². The number of hydrogen-bond donors (Lipinski definition) is 0. The Labute approximate surface area is 211 Å². The molecule has 0 spiro atoms. The summed E-state index contributed by atoms with van der Waals surface area (Å²) in [4.78, 5) is 0. The summed E-state index contributed by atoms with van der Waals surface area (Å²) in [7, 11) is 0. The van der Waals surface area contributed by atoms with Gasteiger partial charge in [0.1, 0.15) is 0 Å². The van der Waals surface area contributed by atoms with Crippen molar-refractivity contribution >= 4 is 0 Å². The van der Waals surface area contributed by atoms with Crippen molar-refractivity contribution in [1.29, 1.82) is 0 Å². The van der Waals surface area contributed by atoms with E-state index in [9.17, 15) is 0 Å². The number of hydrogen-bond acceptors (Lipinski definition) is 0. The molecular formula is C35H36. The third-order valence-electron chi connectivity index (χ3n) is 10.0. The molecule has 0 amide bonds. The summed E-state index contributed by atoms with van der Waals surface area (Å²) in [5.74, 6) is 0. The summed E-state index contributed by atoms with van der Waals surface area (Å²) in [6, 6.07) is 16.0. The highest BCUT2D eigenvalue weighted by atomic mass is 14.5. The average molecular weight is 457 g/mol. The summed E-state index contributed by atoms with van der Waals surface area (Å²) in [6.45, 7) is 21.2. The lowest BCUT2D eigenvalue weighted by Gasteiger charge is -2.34. The Morgan fingerprint density at radius 1 is 0.514 bits per heavy atom. The highest BCUT2D eigenvalue weighted by Gasteiger charge is 2.47. The van der Waals surface area contributed by atoms with E-state index >= 15 is 0 Å². The molecule has 0 radical (unpaired) electrons. The van der Waals surface area contributed by atoms with E-state index in [1.165, 1.54) is 94.6 Å². The first-order chi connectivity index (χ1) is 16.6. The topological polar surface area (TPSA) is 0 Å². The summed E-state index contributed by atoms with van der Waals surface area (Å²) >= 11 is 0. The Bertz CT molecular complexity index is 1520. The SMILES string of the molecule is Cc1c(C)c(C)c2c(c1C)-c1c(C)c(C)c(C)c(C)c1C2(C)c1cccc2c1Cc1ccccc1-2. The zero-order valence-electron chi connectivity index (χ0n) is 22.7. The molecule has 35 heavy (non-hydrogen) atoms. The Morgan fingerprint density at radius 2 is 1.00 bits per heavy atom. The minimum Gasteiger partial charge on any atom is -0.0619 e. The molecule has 2 aliphatic carbocycles. The van der Waals surface area contributed by atoms with Gasteiger partial charge in [0.15, 0.2) is 0 Å². The highest BCUT2D eigenvalue weighted by Crippen LogP contribution is 2.60. The second-order valence-electron chi connectivity index (χ2n) is 11.3. The van der Waals surface area contributed by atoms with Crippen molar-refractivity contribution in [1.82, 2.24) is 0 Å². The van der Waals surface area contributed by atoms with Crippen molar-refractivity contribution in [2.24, 2.45) is 0 Å². The van der Waals surface area contributed by atoms with Gasteiger partial charge >= 0.3 is 0 Å². The van der Waals surface area contributed by atoms with Gasteiger partial charge in [0.2, 0.25) is 0 Å². The van der Waals surface area contributed by atoms with Gasteiger partial charge in [-0.15, -0.1) is 0 Å². The number of rotatable bonds is 1. The number of fused-ring (bicyclic) bond motifs is 6. The third-order valence-corrected chi connectivity index (χ3v) is 10.0. The molecule has 0 atom stereocenters. The molecule has 0 fully saturated rings. The minimum atomic E-state index is -0.182. The van der Waals surface area contributed by atoms with Crippen LogP contribution in [0.25, 0.3) is 22.3 Å². The van der Waals surface area contributed by atoms with Crippen LogP contribution in [0.3, 0.4) is 0 Å². The molecule has 176 valence electrons. The van der Waals surface area contributed by atoms with Crippen molar-refractivity contribution in [3.05, 3.63) is 115 Å². The highest BCUT2D eigenvalue weighted by molar-refractivity contribution is 5.92. The van der Waals surface area contributed by atoms with Gasteiger partial charge in [0, 0.05) is 5.41 Å². The molecular weight excluding hydrogens is 420 g/mol. The first kappa shape index (κ1) is 22.4. The molecule has 2 aliphatic rings. The van der Waals surface area contributed by atoms with Crippen molar-refractivity contribution in [2.75, 3.05) is 0 Å². The fourth-order valence-corrected chi connectivity index (χ4v) is 7.52. The molecule has 0 aromatic heterocycles. The molecule has 0 unspecified atom stereocenters. The van der Waals surface area contributed by atoms with Crippen LogP contribution >= 0.6 is 0 Å². The summed E-state index contributed by atoms with van der Waals surface area (Å²) in [5, 5.41) is 0. The van der Waals surface area contributed by atoms with Crippen LogP contribution in [-0.2, 0) is 11.8 Å². The van der Waals surface area contributed by atoms with Gasteiger partial charge in [-0.3, -0.25) is 0 Å². The Hall–Kier alpha value is -3.12. The van der Waals surface area contributed by atoms with Crippen LogP contribution in [-0.4, -0.2) is 0 Å². The fourth-order valence-electron chi connectivity index (χ4n) is 7.52. The number of benzene rings is 4. The lowest BCUT2D eigenvalue weighted by Crippen LogP contribution is -2.27. The van der Waals surface area contributed by atoms with E-state index in [1.54, 1.807) is 0 Å². The van der Waals surface area contributed by atoms with E-state index in [2.05, 4.69) is 105 Å². The van der Waals surface area contributed by atoms with Gasteiger partial charge in [-0.2, -0.15) is 0 Å². The zero-order valence-corrected chi connectivity index (χ0v) is 22.7. The van der Waals surface area contributed by atoms with Crippen molar-refractivity contribution < 1.29 is 0 Å². The van der Waals surface area contributed by atoms with Crippen LogP contribution in [0, 0.1) is 55.4 Å². The van der Waals surface area contributed by atoms with Crippen LogP contribution in [0.1, 0.15) is 79.2 Å². The zero-order chi connectivity index (χ0) is 25.0. The Morgan fingerprint density at radius 3 is 1.57 bits per heavy atom. The molecule has 0 heteroatoms. The monoisotopic (exact) mass is 456 g/mol. The molecule has 0 nitrogen and oxygen atoms in total. The van der Waals surface area contributed by atoms with Crippen molar-refractivity contribution in [2.45, 2.75) is 74.1 Å². The molecule has 0 aliphatic heterocycles. The molecule has 0 heterocycles. The van der Waals surface area contributed by atoms with Gasteiger partial charge in [-0.05, 0) is 163 Å². The van der Waals surface area contributed by atoms with E-state index in [-0.39, 0.29) is 5.41 Å². The van der Waals surface area contributed by atoms with Crippen LogP contribution in [0.15, 0.2) is 42.5 Å². The second-order valence-corrected chi connectivity index (χ2v) is 11.3. The lowest BCUT2D eigenvalue weighted by atomic mass is 9.68. The second kappa shape index (κ2) is 7.20. The van der Waals surface area contributed by atoms with Crippen molar-refractivity contribution in [3.63, 3.8) is 0 Å². The van der Waals surface area contributed by atoms with E-state index < -0.39 is 0 Å². The van der Waals surface area contributed by atoms with E-state index in [0.29, 0.717) is 0 Å². The standard InChI is InChI=1S/C35H36/c1-18-20(3)24(7)33-31(22(18)5)32-23(6)19(2)21(4)25(8)34(32)35(33,9)30-16-12-15-28-27-14-11-10-13-26(27)17-29(28)30/h10-16H,17H2,1-9H3. The van der Waals surface area contributed by atoms with Gasteiger partial charge in [-0.25, -0.2) is 0 Å². The lowest BCUT2D eigenvalue weighted by molar-refractivity contribution is 0.692. The molecule has 6 rings (SSSR count). The predicted molar refractivity (Wildman–Crippen MR) is 150 cm³/mol. The van der Waals surface area contributed by atoms with Crippen LogP contribution in [0.4, 0.5) is 0 Å². The molecule has 0 saturated carbocycles. The van der Waals surface area contributed by atoms with Crippen molar-refractivity contribution in [3.8, 4) is 22.3 Å². The van der Waals surface area contributed by atoms with E-state index in [1.807, 2.05) is 0 Å². The van der Waals surface area contributed by atoms with Gasteiger partial charge < -0.3 is 0 Å². The predicted octanol–water partition coefficient (Wildman–Crippen LogP) is 9.06. The van der Waals surface area contributed by atoms with Crippen LogP contribution in [0.2, 0.25) is 0 Å². The first-order valence-electron chi connectivity index (χ1n) is 13.0. The van der Waals surface area contributed by atoms with Gasteiger partial charge in [-0.1, -0.05) is 42.5 Å². The maximum Gasteiger partial charge on any atom is 0.0444 e. The third kappa shape index (κ3) is 2.58. The Kier molecular flexibility index (Phi) is 4.60. The maximum atomic E-state index is 2.53. The summed E-state index contributed by atoms with van der Waals surface area (Å²) in [5.41, 5.74) is 24.8. The van der Waals surface area contributed by atoms with E-state index in [0.717, 1.165) is 6.42 Å². The first-order valence-corrected chi connectivity index (χ1v) is 13.0. The summed E-state index contributed by atoms with van der Waals surface area (Å²) in [6.07, 6.45) is 1.02. The molecule has 4 aromatic rings. The fraction of sp³-hybridized carbons (Fsp3) is 0.314. The molecule has 0 N–H and O–H groups in total. The summed E-state index contributed by atoms with van der Waals surface area (Å²) < 4.78 is 0. The quantitative estimate of drug-likeness (QED) is 0.236. The normalized spacial score (nSPS) is 14.5. The smallest absolute Gasteiger partial charge is 0.0444 e. The van der Waals surface area contributed by atoms with Crippen LogP contribution < -0.4 is 0 Å². The maximum absolute atomic E-state index is 2.53. The largest absolute Gasteiger partial charge is 0.0619 e. The Balaban J connectivity index is 1.81. The van der Waals surface area contributed by atoms with Gasteiger partial charge in [0.25, 0.3) is 0 Å². The molecule has 0 bridgehead atoms. The molecule has 0 saturated heterocycles.